The molecule has 6 nitrogen and oxygen atoms in total. The molecule has 3 rings (SSSR count). The number of rotatable bonds is 9. The van der Waals surface area contributed by atoms with Gasteiger partial charge >= 0.3 is 6.18 Å². The zero-order valence-electron chi connectivity index (χ0n) is 22.6. The summed E-state index contributed by atoms with van der Waals surface area (Å²) < 4.78 is 87.5. The van der Waals surface area contributed by atoms with Crippen molar-refractivity contribution in [1.82, 2.24) is 5.32 Å². The van der Waals surface area contributed by atoms with E-state index in [1.54, 1.807) is 13.1 Å². The third-order valence-electron chi connectivity index (χ3n) is 6.24. The maximum absolute atomic E-state index is 14.0. The van der Waals surface area contributed by atoms with E-state index >= 15 is 0 Å². The summed E-state index contributed by atoms with van der Waals surface area (Å²) in [5.74, 6) is -5.08. The predicted molar refractivity (Wildman–Crippen MR) is 146 cm³/mol. The molecular weight excluding hydrogens is 574 g/mol. The van der Waals surface area contributed by atoms with Gasteiger partial charge in [-0.15, -0.1) is 0 Å². The van der Waals surface area contributed by atoms with E-state index in [9.17, 15) is 31.1 Å². The second-order valence-corrected chi connectivity index (χ2v) is 10.4. The van der Waals surface area contributed by atoms with Crippen molar-refractivity contribution in [3.63, 3.8) is 0 Å². The summed E-state index contributed by atoms with van der Waals surface area (Å²) in [6.45, 7) is 5.00. The molecule has 41 heavy (non-hydrogen) atoms. The van der Waals surface area contributed by atoms with Gasteiger partial charge in [0.15, 0.2) is 6.10 Å². The topological polar surface area (TPSA) is 75.1 Å². The zero-order chi connectivity index (χ0) is 30.3. The highest BCUT2D eigenvalue weighted by atomic mass is 35.5. The van der Waals surface area contributed by atoms with Crippen LogP contribution >= 0.6 is 11.6 Å². The number of guanidine groups is 1. The number of nitrogens with one attached hydrogen (secondary N) is 2. The van der Waals surface area contributed by atoms with Crippen molar-refractivity contribution in [2.24, 2.45) is 15.9 Å². The quantitative estimate of drug-likeness (QED) is 0.178. The zero-order valence-corrected chi connectivity index (χ0v) is 23.4. The number of alkyl halides is 3. The molecule has 2 aromatic carbocycles. The second kappa shape index (κ2) is 14.2. The van der Waals surface area contributed by atoms with E-state index < -0.39 is 59.7 Å². The van der Waals surface area contributed by atoms with E-state index in [0.29, 0.717) is 6.42 Å². The molecule has 13 heteroatoms. The van der Waals surface area contributed by atoms with Crippen LogP contribution in [0.3, 0.4) is 0 Å². The Hall–Kier alpha value is -3.12. The van der Waals surface area contributed by atoms with Crippen molar-refractivity contribution >= 4 is 35.4 Å². The molecule has 5 unspecified atom stereocenters. The van der Waals surface area contributed by atoms with Crippen LogP contribution in [0, 0.1) is 23.4 Å². The van der Waals surface area contributed by atoms with Crippen LogP contribution in [-0.4, -0.2) is 42.5 Å². The summed E-state index contributed by atoms with van der Waals surface area (Å²) in [5, 5.41) is 5.11. The number of nitrogens with zero attached hydrogens (tertiary/aromatic N) is 2. The molecular formula is C28H31ClF6N4O2. The van der Waals surface area contributed by atoms with Gasteiger partial charge in [-0.1, -0.05) is 24.9 Å². The lowest BCUT2D eigenvalue weighted by Crippen LogP contribution is -2.46. The van der Waals surface area contributed by atoms with Gasteiger partial charge in [0.25, 0.3) is 0 Å². The number of carbonyl (C=O) groups excluding carboxylic acids is 1. The highest BCUT2D eigenvalue weighted by Crippen LogP contribution is 2.37. The highest BCUT2D eigenvalue weighted by molar-refractivity contribution is 6.31. The number of aliphatic imine (C=N–C) groups is 2. The van der Waals surface area contributed by atoms with Gasteiger partial charge in [0.1, 0.15) is 17.5 Å². The van der Waals surface area contributed by atoms with E-state index in [1.165, 1.54) is 13.0 Å². The van der Waals surface area contributed by atoms with Crippen molar-refractivity contribution < 1.29 is 35.9 Å². The molecule has 5 atom stereocenters. The lowest BCUT2D eigenvalue weighted by atomic mass is 9.98. The molecule has 0 saturated carbocycles. The predicted octanol–water partition coefficient (Wildman–Crippen LogP) is 7.39. The first-order chi connectivity index (χ1) is 19.2. The minimum Gasteiger partial charge on any atom is -0.365 e. The van der Waals surface area contributed by atoms with E-state index in [0.717, 1.165) is 36.8 Å². The lowest BCUT2D eigenvalue weighted by Gasteiger charge is -2.22. The van der Waals surface area contributed by atoms with Crippen molar-refractivity contribution in [3.05, 3.63) is 64.4 Å². The summed E-state index contributed by atoms with van der Waals surface area (Å²) in [6, 6.07) is 5.09. The fourth-order valence-corrected chi connectivity index (χ4v) is 4.70. The van der Waals surface area contributed by atoms with Crippen LogP contribution in [0.15, 0.2) is 46.4 Å². The maximum atomic E-state index is 14.0. The van der Waals surface area contributed by atoms with Crippen molar-refractivity contribution in [1.29, 1.82) is 0 Å². The Morgan fingerprint density at radius 3 is 2.39 bits per heavy atom. The molecule has 0 radical (unpaired) electrons. The van der Waals surface area contributed by atoms with Gasteiger partial charge in [0, 0.05) is 16.8 Å². The molecule has 0 spiro atoms. The fourth-order valence-electron chi connectivity index (χ4n) is 4.48. The van der Waals surface area contributed by atoms with Crippen molar-refractivity contribution in [2.45, 2.75) is 76.9 Å². The summed E-state index contributed by atoms with van der Waals surface area (Å²) in [6.07, 6.45) is -4.90. The molecule has 224 valence electrons. The average molecular weight is 605 g/mol. The molecule has 1 saturated heterocycles. The van der Waals surface area contributed by atoms with Crippen LogP contribution in [0.5, 0.6) is 0 Å². The molecule has 1 fully saturated rings. The third-order valence-corrected chi connectivity index (χ3v) is 6.46. The summed E-state index contributed by atoms with van der Waals surface area (Å²) in [7, 11) is 0. The molecule has 1 aliphatic heterocycles. The van der Waals surface area contributed by atoms with Gasteiger partial charge in [-0.3, -0.25) is 15.1 Å². The molecule has 1 amide bonds. The normalized spacial score (nSPS) is 21.2. The monoisotopic (exact) mass is 604 g/mol. The maximum Gasteiger partial charge on any atom is 0.415 e. The Kier molecular flexibility index (Phi) is 11.2. The molecule has 2 aromatic rings. The van der Waals surface area contributed by atoms with Gasteiger partial charge in [-0.2, -0.15) is 13.2 Å². The summed E-state index contributed by atoms with van der Waals surface area (Å²) in [5.41, 5.74) is 0.340. The van der Waals surface area contributed by atoms with Crippen LogP contribution in [0.1, 0.15) is 58.1 Å². The number of ether oxygens (including phenoxy) is 1. The first-order valence-electron chi connectivity index (χ1n) is 13.1. The number of halogens is 7. The van der Waals surface area contributed by atoms with Gasteiger partial charge < -0.3 is 10.1 Å². The Labute approximate surface area is 239 Å². The van der Waals surface area contributed by atoms with Crippen LogP contribution in [0.4, 0.5) is 32.0 Å². The third kappa shape index (κ3) is 9.74. The lowest BCUT2D eigenvalue weighted by molar-refractivity contribution is -0.222. The van der Waals surface area contributed by atoms with Gasteiger partial charge in [0.2, 0.25) is 11.9 Å². The molecule has 0 aromatic heterocycles. The van der Waals surface area contributed by atoms with E-state index in [-0.39, 0.29) is 35.1 Å². The van der Waals surface area contributed by atoms with Gasteiger partial charge in [-0.05, 0) is 75.2 Å². The van der Waals surface area contributed by atoms with Crippen LogP contribution in [0.25, 0.3) is 0 Å². The molecule has 2 N–H and O–H groups in total. The Morgan fingerprint density at radius 1 is 1.12 bits per heavy atom. The Bertz CT molecular complexity index is 1230. The number of anilines is 1. The minimum atomic E-state index is -4.77. The fraction of sp³-hybridized carbons (Fsp3) is 0.464. The number of hydrogen-bond donors (Lipinski definition) is 2. The number of amides is 1. The van der Waals surface area contributed by atoms with E-state index in [1.807, 2.05) is 6.92 Å². The molecule has 1 heterocycles. The molecule has 1 aliphatic rings. The van der Waals surface area contributed by atoms with Gasteiger partial charge in [-0.25, -0.2) is 18.2 Å². The van der Waals surface area contributed by atoms with E-state index in [4.69, 9.17) is 16.3 Å². The molecule has 0 aliphatic carbocycles. The smallest absolute Gasteiger partial charge is 0.365 e. The molecule has 0 bridgehead atoms. The SMILES string of the molecule is CCCC=NC(CC(C)N=C(NC(=O)C1CC(C)OC1C(F)(F)F)Nc1cc(F)cc(Cl)c1)c1cc(F)cc(F)c1. The number of benzene rings is 2. The highest BCUT2D eigenvalue weighted by Gasteiger charge is 2.53. The number of carbonyl (C=O) groups is 1. The number of unbranched alkanes of at least 4 members (excludes halogenated alkanes) is 1. The average Bonchev–Trinajstić information content (AvgIpc) is 3.25. The summed E-state index contributed by atoms with van der Waals surface area (Å²) >= 11 is 5.93. The minimum absolute atomic E-state index is 0.0276. The van der Waals surface area contributed by atoms with Crippen LogP contribution in [0.2, 0.25) is 5.02 Å². The summed E-state index contributed by atoms with van der Waals surface area (Å²) in [4.78, 5) is 21.9. The Morgan fingerprint density at radius 2 is 1.78 bits per heavy atom. The van der Waals surface area contributed by atoms with Crippen molar-refractivity contribution in [2.75, 3.05) is 5.32 Å². The van der Waals surface area contributed by atoms with Gasteiger partial charge in [0.05, 0.1) is 24.1 Å². The first kappa shape index (κ1) is 32.4. The first-order valence-corrected chi connectivity index (χ1v) is 13.4. The largest absolute Gasteiger partial charge is 0.415 e. The van der Waals surface area contributed by atoms with Crippen LogP contribution < -0.4 is 10.6 Å². The second-order valence-electron chi connectivity index (χ2n) is 9.92. The van der Waals surface area contributed by atoms with Crippen molar-refractivity contribution in [3.8, 4) is 0 Å². The van der Waals surface area contributed by atoms with Crippen LogP contribution in [-0.2, 0) is 9.53 Å². The standard InChI is InChI=1S/C28H31ClF6N4O2/c1-4-5-6-36-24(17-9-19(30)13-20(31)10-17)7-15(2)37-27(38-22-12-18(29)11-21(32)14-22)39-26(40)23-8-16(3)41-25(23)28(33,34)35/h6,9-16,23-25H,4-5,7-8H2,1-3H3,(H2,37,38,39,40). The number of hydrogen-bond acceptors (Lipinski definition) is 4. The Balaban J connectivity index is 1.91. The van der Waals surface area contributed by atoms with E-state index in [2.05, 4.69) is 20.6 Å².